The number of nitrogens with zero attached hydrogens (tertiary/aromatic N) is 1. The van der Waals surface area contributed by atoms with Crippen molar-refractivity contribution in [2.45, 2.75) is 113 Å². The fourth-order valence-corrected chi connectivity index (χ4v) is 5.31. The number of aryl methyl sites for hydroxylation is 1. The van der Waals surface area contributed by atoms with Crippen molar-refractivity contribution in [2.24, 2.45) is 0 Å². The second-order valence-corrected chi connectivity index (χ2v) is 13.0. The van der Waals surface area contributed by atoms with Crippen molar-refractivity contribution in [1.82, 2.24) is 4.57 Å². The molecule has 0 amide bonds. The highest BCUT2D eigenvalue weighted by molar-refractivity contribution is 5.89. The first-order chi connectivity index (χ1) is 22.7. The third kappa shape index (κ3) is 13.0. The molecule has 0 atom stereocenters. The van der Waals surface area contributed by atoms with Gasteiger partial charge in [-0.15, -0.1) is 0 Å². The Bertz CT molecular complexity index is 1580. The molecule has 5 nitrogen and oxygen atoms in total. The highest BCUT2D eigenvalue weighted by atomic mass is 16.5. The van der Waals surface area contributed by atoms with Crippen LogP contribution in [0.15, 0.2) is 99.9 Å². The summed E-state index contributed by atoms with van der Waals surface area (Å²) >= 11 is 0. The van der Waals surface area contributed by atoms with Crippen LogP contribution in [0.25, 0.3) is 10.9 Å². The Morgan fingerprint density at radius 2 is 1.32 bits per heavy atom. The predicted octanol–water partition coefficient (Wildman–Crippen LogP) is 11.3. The van der Waals surface area contributed by atoms with Crippen molar-refractivity contribution in [3.63, 3.8) is 0 Å². The lowest BCUT2D eigenvalue weighted by Crippen LogP contribution is -2.24. The van der Waals surface area contributed by atoms with E-state index >= 15 is 0 Å². The van der Waals surface area contributed by atoms with Gasteiger partial charge in [0, 0.05) is 18.0 Å². The van der Waals surface area contributed by atoms with Gasteiger partial charge in [-0.1, -0.05) is 91.0 Å². The molecule has 0 N–H and O–H groups in total. The highest BCUT2D eigenvalue weighted by Gasteiger charge is 2.20. The fourth-order valence-electron chi connectivity index (χ4n) is 5.31. The number of aromatic nitrogens is 1. The van der Waals surface area contributed by atoms with E-state index in [1.807, 2.05) is 53.1 Å². The van der Waals surface area contributed by atoms with Crippen LogP contribution < -0.4 is 19.8 Å². The lowest BCUT2D eigenvalue weighted by molar-refractivity contribution is 0.302. The minimum Gasteiger partial charge on any atom is -0.489 e. The molecule has 0 radical (unpaired) electrons. The van der Waals surface area contributed by atoms with Crippen molar-refractivity contribution in [2.75, 3.05) is 13.2 Å². The molecule has 0 aliphatic rings. The zero-order valence-electron chi connectivity index (χ0n) is 30.0. The smallest absolute Gasteiger partial charge is 0.297 e. The van der Waals surface area contributed by atoms with Crippen LogP contribution in [0.5, 0.6) is 17.2 Å². The topological polar surface area (TPSA) is 49.7 Å². The summed E-state index contributed by atoms with van der Waals surface area (Å²) in [4.78, 5) is 14.2. The maximum Gasteiger partial charge on any atom is 0.297 e. The van der Waals surface area contributed by atoms with Gasteiger partial charge in [-0.2, -0.15) is 0 Å². The van der Waals surface area contributed by atoms with Crippen molar-refractivity contribution in [3.05, 3.63) is 111 Å². The van der Waals surface area contributed by atoms with E-state index in [0.717, 1.165) is 67.8 Å². The lowest BCUT2D eigenvalue weighted by Gasteiger charge is -2.19. The van der Waals surface area contributed by atoms with Crippen LogP contribution in [-0.2, 0) is 13.2 Å². The van der Waals surface area contributed by atoms with E-state index < -0.39 is 0 Å². The van der Waals surface area contributed by atoms with Gasteiger partial charge in [0.1, 0.15) is 25.6 Å². The summed E-state index contributed by atoms with van der Waals surface area (Å²) in [6.07, 6.45) is 16.9. The first-order valence-corrected chi connectivity index (χ1v) is 17.4. The number of hydrogen-bond acceptors (Lipinski definition) is 4. The number of fused-ring (bicyclic) bond motifs is 1. The molecule has 0 fully saturated rings. The summed E-state index contributed by atoms with van der Waals surface area (Å²) in [6, 6.07) is 16.1. The van der Waals surface area contributed by atoms with Gasteiger partial charge >= 0.3 is 0 Å². The number of rotatable bonds is 20. The maximum absolute atomic E-state index is 14.2. The lowest BCUT2D eigenvalue weighted by atomic mass is 10.1. The van der Waals surface area contributed by atoms with Gasteiger partial charge < -0.3 is 18.8 Å². The van der Waals surface area contributed by atoms with Gasteiger partial charge in [-0.3, -0.25) is 4.79 Å². The summed E-state index contributed by atoms with van der Waals surface area (Å²) in [5.41, 5.74) is 6.87. The molecule has 0 unspecified atom stereocenters. The summed E-state index contributed by atoms with van der Waals surface area (Å²) in [5, 5.41) is 0.849. The average Bonchev–Trinajstić information content (AvgIpc) is 3.04. The van der Waals surface area contributed by atoms with Crippen LogP contribution in [0.3, 0.4) is 0 Å². The maximum atomic E-state index is 14.2. The largest absolute Gasteiger partial charge is 0.489 e. The Morgan fingerprint density at radius 1 is 0.702 bits per heavy atom. The molecule has 5 heteroatoms. The van der Waals surface area contributed by atoms with Crippen LogP contribution in [0.4, 0.5) is 0 Å². The molecule has 1 aromatic heterocycles. The SMILES string of the molecule is CCCCCCn1c(=O)c(OC/C=C(\C)CCC=C(C)C)c(OC/C=C(\C)CCC=C(C)C)c2ccc(OCc3ccccc3)cc21. The number of pyridine rings is 1. The Balaban J connectivity index is 2.01. The van der Waals surface area contributed by atoms with E-state index in [2.05, 4.69) is 72.8 Å². The zero-order valence-corrected chi connectivity index (χ0v) is 30.0. The summed E-state index contributed by atoms with van der Waals surface area (Å²) in [5.74, 6) is 1.48. The number of allylic oxidation sites excluding steroid dienone is 6. The van der Waals surface area contributed by atoms with Crippen molar-refractivity contribution in [3.8, 4) is 17.2 Å². The Morgan fingerprint density at radius 3 is 1.91 bits per heavy atom. The van der Waals surface area contributed by atoms with Gasteiger partial charge in [0.25, 0.3) is 5.56 Å². The van der Waals surface area contributed by atoms with Crippen molar-refractivity contribution < 1.29 is 14.2 Å². The third-order valence-electron chi connectivity index (χ3n) is 8.14. The van der Waals surface area contributed by atoms with Crippen molar-refractivity contribution in [1.29, 1.82) is 0 Å². The van der Waals surface area contributed by atoms with E-state index in [0.29, 0.717) is 37.9 Å². The fraction of sp³-hybridized carbons (Fsp3) is 0.452. The normalized spacial score (nSPS) is 11.8. The first-order valence-electron chi connectivity index (χ1n) is 17.4. The Kier molecular flexibility index (Phi) is 16.2. The number of hydrogen-bond donors (Lipinski definition) is 0. The summed E-state index contributed by atoms with van der Waals surface area (Å²) < 4.78 is 20.8. The van der Waals surface area contributed by atoms with E-state index in [-0.39, 0.29) is 11.3 Å². The zero-order chi connectivity index (χ0) is 34.0. The molecule has 3 aromatic rings. The molecular formula is C42H57NO4. The van der Waals surface area contributed by atoms with Crippen LogP contribution in [-0.4, -0.2) is 17.8 Å². The molecular weight excluding hydrogens is 582 g/mol. The van der Waals surface area contributed by atoms with Crippen LogP contribution in [0.1, 0.15) is 105 Å². The Labute approximate surface area is 283 Å². The molecule has 2 aromatic carbocycles. The molecule has 254 valence electrons. The third-order valence-corrected chi connectivity index (χ3v) is 8.14. The van der Waals surface area contributed by atoms with Crippen molar-refractivity contribution >= 4 is 10.9 Å². The van der Waals surface area contributed by atoms with E-state index in [9.17, 15) is 4.79 Å². The van der Waals surface area contributed by atoms with Gasteiger partial charge in [0.2, 0.25) is 5.75 Å². The second-order valence-electron chi connectivity index (χ2n) is 13.0. The molecule has 0 saturated heterocycles. The van der Waals surface area contributed by atoms with E-state index in [4.69, 9.17) is 14.2 Å². The molecule has 1 heterocycles. The van der Waals surface area contributed by atoms with Gasteiger partial charge in [0.05, 0.1) is 5.52 Å². The molecule has 0 spiro atoms. The highest BCUT2D eigenvalue weighted by Crippen LogP contribution is 2.35. The number of unbranched alkanes of at least 4 members (excludes halogenated alkanes) is 3. The monoisotopic (exact) mass is 639 g/mol. The second kappa shape index (κ2) is 20.3. The van der Waals surface area contributed by atoms with Crippen LogP contribution in [0, 0.1) is 0 Å². The molecule has 47 heavy (non-hydrogen) atoms. The van der Waals surface area contributed by atoms with Gasteiger partial charge in [-0.05, 0) is 103 Å². The molecule has 0 bridgehead atoms. The number of ether oxygens (including phenoxy) is 3. The molecule has 3 rings (SSSR count). The predicted molar refractivity (Wildman–Crippen MR) is 199 cm³/mol. The van der Waals surface area contributed by atoms with Crippen LogP contribution in [0.2, 0.25) is 0 Å². The first kappa shape index (κ1) is 37.5. The number of benzene rings is 2. The standard InChI is InChI=1S/C42H57NO4/c1-8-9-10-14-27-43-39-30-37(47-31-36-21-12-11-13-22-36)23-24-38(39)40(45-28-25-34(6)19-15-17-32(2)3)41(42(43)44)46-29-26-35(7)20-16-18-33(4)5/h11-13,17-18,21-26,30H,8-10,14-16,19-20,27-29,31H2,1-7H3/b34-25+,35-26+. The minimum atomic E-state index is -0.163. The Hall–Kier alpha value is -3.99. The summed E-state index contributed by atoms with van der Waals surface area (Å²) in [7, 11) is 0. The molecule has 0 aliphatic heterocycles. The van der Waals surface area contributed by atoms with E-state index in [1.54, 1.807) is 0 Å². The van der Waals surface area contributed by atoms with Gasteiger partial charge in [0.15, 0.2) is 5.75 Å². The summed E-state index contributed by atoms with van der Waals surface area (Å²) in [6.45, 7) is 16.7. The minimum absolute atomic E-state index is 0.163. The average molecular weight is 640 g/mol. The van der Waals surface area contributed by atoms with E-state index in [1.165, 1.54) is 22.3 Å². The van der Waals surface area contributed by atoms with Gasteiger partial charge in [-0.25, -0.2) is 0 Å². The van der Waals surface area contributed by atoms with Crippen LogP contribution >= 0.6 is 0 Å². The molecule has 0 saturated carbocycles. The quantitative estimate of drug-likeness (QED) is 0.0912. The molecule has 0 aliphatic carbocycles.